The van der Waals surface area contributed by atoms with Crippen LogP contribution in [0.2, 0.25) is 24.1 Å². The van der Waals surface area contributed by atoms with Gasteiger partial charge in [0.2, 0.25) is 0 Å². The molecule has 0 heterocycles. The minimum atomic E-state index is -3.68. The van der Waals surface area contributed by atoms with Crippen molar-refractivity contribution >= 4 is 41.1 Å². The van der Waals surface area contributed by atoms with Crippen molar-refractivity contribution in [1.82, 2.24) is 0 Å². The third kappa shape index (κ3) is 5.60. The Labute approximate surface area is 213 Å². The average molecular weight is 574 g/mol. The Bertz CT molecular complexity index is 881. The van der Waals surface area contributed by atoms with Gasteiger partial charge in [0.05, 0.1) is 0 Å². The number of ether oxygens (including phenoxy) is 1. The molecule has 3 rings (SSSR count). The van der Waals surface area contributed by atoms with Gasteiger partial charge in [0.15, 0.2) is 0 Å². The maximum atomic E-state index is 14.0. The Morgan fingerprint density at radius 3 is 2.26 bits per heavy atom. The van der Waals surface area contributed by atoms with Gasteiger partial charge in [0.1, 0.15) is 0 Å². The second-order valence-electron chi connectivity index (χ2n) is 11.6. The van der Waals surface area contributed by atoms with E-state index in [-0.39, 0.29) is 32.9 Å². The van der Waals surface area contributed by atoms with Gasteiger partial charge in [0.25, 0.3) is 0 Å². The van der Waals surface area contributed by atoms with E-state index >= 15 is 0 Å². The molecule has 2 aliphatic rings. The minimum absolute atomic E-state index is 0.0453. The second kappa shape index (κ2) is 10.9. The fraction of sp³-hybridized carbons (Fsp3) is 0.731. The van der Waals surface area contributed by atoms with Crippen LogP contribution in [0.3, 0.4) is 0 Å². The molecule has 1 aromatic carbocycles. The van der Waals surface area contributed by atoms with Crippen LogP contribution in [-0.2, 0) is 23.1 Å². The molecule has 0 radical (unpaired) electrons. The van der Waals surface area contributed by atoms with E-state index in [1.165, 1.54) is 18.7 Å². The summed E-state index contributed by atoms with van der Waals surface area (Å²) in [6, 6.07) is 10.5. The zero-order chi connectivity index (χ0) is 25.3. The molecule has 2 saturated carbocycles. The molecule has 0 N–H and O–H groups in total. The first-order chi connectivity index (χ1) is 15.9. The number of rotatable bonds is 10. The van der Waals surface area contributed by atoms with Gasteiger partial charge in [-0.05, 0) is 0 Å². The zero-order valence-corrected chi connectivity index (χ0v) is 25.7. The van der Waals surface area contributed by atoms with Crippen molar-refractivity contribution < 1.29 is 23.1 Å². The normalized spacial score (nSPS) is 30.7. The summed E-state index contributed by atoms with van der Waals surface area (Å²) in [5.41, 5.74) is 0. The van der Waals surface area contributed by atoms with Crippen molar-refractivity contribution in [1.29, 1.82) is 0 Å². The molecule has 34 heavy (non-hydrogen) atoms. The van der Waals surface area contributed by atoms with Crippen molar-refractivity contribution in [2.75, 3.05) is 14.2 Å². The van der Waals surface area contributed by atoms with E-state index < -0.39 is 20.8 Å². The fourth-order valence-corrected chi connectivity index (χ4v) is 15.3. The van der Waals surface area contributed by atoms with Crippen molar-refractivity contribution in [3.05, 3.63) is 30.3 Å². The molecule has 6 atom stereocenters. The van der Waals surface area contributed by atoms with Gasteiger partial charge in [0, 0.05) is 0 Å². The molecular weight excluding hydrogens is 530 g/mol. The number of carbonyl (C=O) groups is 1. The second-order valence-corrected chi connectivity index (χ2v) is 22.9. The summed E-state index contributed by atoms with van der Waals surface area (Å²) in [7, 11) is -2.59. The molecule has 0 aliphatic heterocycles. The van der Waals surface area contributed by atoms with E-state index in [0.29, 0.717) is 28.6 Å². The van der Waals surface area contributed by atoms with E-state index in [9.17, 15) is 9.36 Å². The van der Waals surface area contributed by atoms with Crippen molar-refractivity contribution in [3.63, 3.8) is 0 Å². The predicted octanol–water partition coefficient (Wildman–Crippen LogP) is 5.93. The molecule has 0 amide bonds. The Morgan fingerprint density at radius 2 is 1.74 bits per heavy atom. The molecule has 5 nitrogen and oxygen atoms in total. The summed E-state index contributed by atoms with van der Waals surface area (Å²) in [5.74, 6) is 0.883. The summed E-state index contributed by atoms with van der Waals surface area (Å²) in [6.07, 6.45) is 3.47. The van der Waals surface area contributed by atoms with Crippen LogP contribution < -0.4 is 4.46 Å². The van der Waals surface area contributed by atoms with Gasteiger partial charge < -0.3 is 0 Å². The summed E-state index contributed by atoms with van der Waals surface area (Å²) >= 11 is 0.157. The number of carbonyl (C=O) groups excluding carboxylic acids is 1. The summed E-state index contributed by atoms with van der Waals surface area (Å²) in [6.45, 7) is 13.7. The SMILES string of the molecule is COP(=O)(OC)[C@@]1(C(=O)O[C@@H]2C[C@H](C)CC[C@H]2C(C)C)C[C@@H]1C([Se]c1ccccc1)[Si](C)(C)C. The van der Waals surface area contributed by atoms with Gasteiger partial charge >= 0.3 is 214 Å². The van der Waals surface area contributed by atoms with Gasteiger partial charge in [-0.3, -0.25) is 0 Å². The van der Waals surface area contributed by atoms with Crippen LogP contribution in [0, 0.1) is 23.7 Å². The number of esters is 1. The Morgan fingerprint density at radius 1 is 1.12 bits per heavy atom. The Kier molecular flexibility index (Phi) is 9.03. The van der Waals surface area contributed by atoms with E-state index in [2.05, 4.69) is 64.7 Å². The Balaban J connectivity index is 1.94. The van der Waals surface area contributed by atoms with E-state index in [1.807, 2.05) is 6.07 Å². The van der Waals surface area contributed by atoms with Gasteiger partial charge in [-0.2, -0.15) is 0 Å². The van der Waals surface area contributed by atoms with Crippen molar-refractivity contribution in [2.45, 2.75) is 81.8 Å². The van der Waals surface area contributed by atoms with Crippen molar-refractivity contribution in [3.8, 4) is 0 Å². The monoisotopic (exact) mass is 574 g/mol. The molecule has 1 aromatic rings. The molecule has 0 saturated heterocycles. The molecule has 192 valence electrons. The summed E-state index contributed by atoms with van der Waals surface area (Å²) < 4.78 is 32.9. The quantitative estimate of drug-likeness (QED) is 0.197. The van der Waals surface area contributed by atoms with Crippen LogP contribution in [0.25, 0.3) is 0 Å². The average Bonchev–Trinajstić information content (AvgIpc) is 3.53. The predicted molar refractivity (Wildman–Crippen MR) is 143 cm³/mol. The van der Waals surface area contributed by atoms with Crippen LogP contribution in [0.15, 0.2) is 30.3 Å². The van der Waals surface area contributed by atoms with Gasteiger partial charge in [-0.25, -0.2) is 0 Å². The maximum absolute atomic E-state index is 14.0. The van der Waals surface area contributed by atoms with Gasteiger partial charge in [-0.15, -0.1) is 0 Å². The standard InChI is InChI=1S/C26H43O5PSeSi/c1-18(2)21-15-14-19(3)16-23(21)31-25(27)26(32(28,29-4)30-5)17-22(26)24(34(6,7)8)33-20-12-10-9-11-13-20/h9-13,18-19,21-24H,14-17H2,1-8H3/t19-,21+,22-,23-,24?,26+/m1/s1. The van der Waals surface area contributed by atoms with E-state index in [0.717, 1.165) is 19.3 Å². The van der Waals surface area contributed by atoms with Gasteiger partial charge in [-0.1, -0.05) is 0 Å². The molecule has 0 aromatic heterocycles. The summed E-state index contributed by atoms with van der Waals surface area (Å²) in [5, 5.41) is -1.19. The third-order valence-corrected chi connectivity index (χ3v) is 19.9. The third-order valence-electron chi connectivity index (χ3n) is 7.75. The first kappa shape index (κ1) is 28.2. The van der Waals surface area contributed by atoms with Crippen LogP contribution in [-0.4, -0.2) is 54.5 Å². The molecule has 8 heteroatoms. The molecule has 0 bridgehead atoms. The number of hydrogen-bond donors (Lipinski definition) is 0. The topological polar surface area (TPSA) is 61.8 Å². The van der Waals surface area contributed by atoms with Crippen LogP contribution >= 0.6 is 7.60 Å². The van der Waals surface area contributed by atoms with Crippen molar-refractivity contribution in [2.24, 2.45) is 23.7 Å². The van der Waals surface area contributed by atoms with Crippen LogP contribution in [0.5, 0.6) is 0 Å². The number of benzene rings is 1. The molecule has 2 fully saturated rings. The number of hydrogen-bond acceptors (Lipinski definition) is 5. The van der Waals surface area contributed by atoms with Crippen LogP contribution in [0.4, 0.5) is 0 Å². The molecular formula is C26H43O5PSeSi. The van der Waals surface area contributed by atoms with E-state index in [1.54, 1.807) is 0 Å². The first-order valence-electron chi connectivity index (χ1n) is 12.5. The molecule has 0 spiro atoms. The molecule has 1 unspecified atom stereocenters. The first-order valence-corrected chi connectivity index (χ1v) is 19.5. The summed E-state index contributed by atoms with van der Waals surface area (Å²) in [4.78, 5) is 14.0. The van der Waals surface area contributed by atoms with Crippen LogP contribution in [0.1, 0.15) is 46.5 Å². The zero-order valence-electron chi connectivity index (χ0n) is 22.1. The molecule has 2 aliphatic carbocycles. The fourth-order valence-electron chi connectivity index (χ4n) is 5.69. The van der Waals surface area contributed by atoms with E-state index in [4.69, 9.17) is 13.8 Å². The Hall–Kier alpha value is -0.424.